The summed E-state index contributed by atoms with van der Waals surface area (Å²) in [7, 11) is -0.248. The number of nitrogens with one attached hydrogen (secondary N) is 1. The normalized spacial score (nSPS) is 15.1. The van der Waals surface area contributed by atoms with Crippen LogP contribution in [0.2, 0.25) is 19.6 Å². The molecule has 0 aromatic heterocycles. The van der Waals surface area contributed by atoms with Crippen LogP contribution in [0.4, 0.5) is 0 Å². The van der Waals surface area contributed by atoms with Crippen LogP contribution in [-0.4, -0.2) is 27.4 Å². The second-order valence-corrected chi connectivity index (χ2v) is 11.8. The fourth-order valence-corrected chi connectivity index (χ4v) is 3.98. The maximum atomic E-state index is 12.8. The van der Waals surface area contributed by atoms with Crippen molar-refractivity contribution in [2.45, 2.75) is 44.8 Å². The van der Waals surface area contributed by atoms with Crippen LogP contribution in [-0.2, 0) is 14.0 Å². The van der Waals surface area contributed by atoms with Crippen LogP contribution in [0.1, 0.15) is 30.3 Å². The molecule has 0 saturated heterocycles. The zero-order chi connectivity index (χ0) is 19.2. The minimum Gasteiger partial charge on any atom is -0.409 e. The lowest BCUT2D eigenvalue weighted by Crippen LogP contribution is -2.43. The molecule has 0 aliphatic rings. The monoisotopic (exact) mass is 371 g/mol. The van der Waals surface area contributed by atoms with Crippen molar-refractivity contribution in [2.24, 2.45) is 0 Å². The predicted octanol–water partition coefficient (Wildman–Crippen LogP) is 4.47. The lowest BCUT2D eigenvalue weighted by Gasteiger charge is -2.32. The van der Waals surface area contributed by atoms with E-state index >= 15 is 0 Å². The number of carbonyl (C=O) groups is 1. The Labute approximate surface area is 157 Å². The second kappa shape index (κ2) is 9.12. The largest absolute Gasteiger partial charge is 0.409 e. The van der Waals surface area contributed by atoms with Gasteiger partial charge in [0.1, 0.15) is 0 Å². The van der Waals surface area contributed by atoms with Crippen molar-refractivity contribution in [1.29, 1.82) is 0 Å². The highest BCUT2D eigenvalue weighted by Crippen LogP contribution is 2.26. The summed E-state index contributed by atoms with van der Waals surface area (Å²) >= 11 is 0. The average Bonchev–Trinajstić information content (AvgIpc) is 2.61. The smallest absolute Gasteiger partial charge is 0.254 e. The third-order valence-corrected chi connectivity index (χ3v) is 4.97. The summed E-state index contributed by atoms with van der Waals surface area (Å²) in [5.74, 6) is -0.161. The lowest BCUT2D eigenvalue weighted by molar-refractivity contribution is -0.132. The summed E-state index contributed by atoms with van der Waals surface area (Å²) < 4.78 is 11.8. The van der Waals surface area contributed by atoms with E-state index in [1.54, 1.807) is 7.11 Å². The van der Waals surface area contributed by atoms with Gasteiger partial charge in [0.05, 0.1) is 12.1 Å². The fraction of sp³-hybridized carbons (Fsp3) is 0.381. The van der Waals surface area contributed by atoms with E-state index < -0.39 is 14.4 Å². The molecule has 1 amide bonds. The summed E-state index contributed by atoms with van der Waals surface area (Å²) in [6.07, 6.45) is -0.831. The van der Waals surface area contributed by atoms with Gasteiger partial charge in [-0.2, -0.15) is 0 Å². The molecule has 2 aromatic rings. The van der Waals surface area contributed by atoms with Gasteiger partial charge >= 0.3 is 0 Å². The molecular formula is C21H29NO3Si. The van der Waals surface area contributed by atoms with E-state index in [0.717, 1.165) is 11.1 Å². The Morgan fingerprint density at radius 1 is 0.923 bits per heavy atom. The number of benzene rings is 2. The van der Waals surface area contributed by atoms with Gasteiger partial charge in [0.2, 0.25) is 0 Å². The summed E-state index contributed by atoms with van der Waals surface area (Å²) in [4.78, 5) is 12.8. The molecule has 0 aliphatic heterocycles. The first kappa shape index (κ1) is 20.4. The third-order valence-electron chi connectivity index (χ3n) is 4.01. The molecule has 0 heterocycles. The van der Waals surface area contributed by atoms with Gasteiger partial charge in [-0.1, -0.05) is 60.7 Å². The van der Waals surface area contributed by atoms with Crippen molar-refractivity contribution in [2.75, 3.05) is 7.11 Å². The number of carbonyl (C=O) groups excluding carboxylic acids is 1. The number of amides is 1. The third kappa shape index (κ3) is 5.80. The first-order valence-electron chi connectivity index (χ1n) is 8.92. The number of rotatable bonds is 8. The fourth-order valence-electron chi connectivity index (χ4n) is 2.88. The number of hydrogen-bond donors (Lipinski definition) is 1. The molecular weight excluding hydrogens is 342 g/mol. The van der Waals surface area contributed by atoms with E-state index in [0.29, 0.717) is 0 Å². The molecule has 2 rings (SSSR count). The van der Waals surface area contributed by atoms with E-state index in [1.165, 1.54) is 0 Å². The Balaban J connectivity index is 2.17. The van der Waals surface area contributed by atoms with Crippen molar-refractivity contribution in [3.63, 3.8) is 0 Å². The van der Waals surface area contributed by atoms with Crippen LogP contribution in [0.5, 0.6) is 0 Å². The molecule has 0 saturated carbocycles. The van der Waals surface area contributed by atoms with Crippen molar-refractivity contribution in [3.05, 3.63) is 71.8 Å². The molecule has 0 radical (unpaired) electrons. The van der Waals surface area contributed by atoms with Gasteiger partial charge < -0.3 is 14.5 Å². The van der Waals surface area contributed by atoms with Crippen LogP contribution in [0.3, 0.4) is 0 Å². The predicted molar refractivity (Wildman–Crippen MR) is 107 cm³/mol. The van der Waals surface area contributed by atoms with Crippen molar-refractivity contribution < 1.29 is 14.0 Å². The van der Waals surface area contributed by atoms with Gasteiger partial charge in [0.15, 0.2) is 14.4 Å². The molecule has 3 atom stereocenters. The van der Waals surface area contributed by atoms with Gasteiger partial charge in [-0.15, -0.1) is 0 Å². The van der Waals surface area contributed by atoms with Gasteiger partial charge in [-0.3, -0.25) is 4.79 Å². The second-order valence-electron chi connectivity index (χ2n) is 7.39. The van der Waals surface area contributed by atoms with Crippen molar-refractivity contribution in [1.82, 2.24) is 5.32 Å². The standard InChI is InChI=1S/C21H29NO3Si/c1-16(19(25-26(3,4)5)17-12-8-6-9-13-17)22-21(23)20(24-2)18-14-10-7-11-15-18/h6-16,19-20H,1-5H3,(H,22,23)/t16-,19-,20+/m1/s1. The Morgan fingerprint density at radius 3 is 1.88 bits per heavy atom. The summed E-state index contributed by atoms with van der Waals surface area (Å²) in [6, 6.07) is 19.4. The SMILES string of the molecule is CO[C@H](C(=O)N[C@H](C)[C@@H](O[Si](C)(C)C)c1ccccc1)c1ccccc1. The molecule has 0 unspecified atom stereocenters. The molecule has 0 spiro atoms. The number of ether oxygens (including phenoxy) is 1. The van der Waals surface area contributed by atoms with Crippen molar-refractivity contribution >= 4 is 14.2 Å². The average molecular weight is 372 g/mol. The molecule has 5 heteroatoms. The highest BCUT2D eigenvalue weighted by atomic mass is 28.4. The molecule has 140 valence electrons. The minimum absolute atomic E-state index is 0.161. The zero-order valence-electron chi connectivity index (χ0n) is 16.2. The number of methoxy groups -OCH3 is 1. The maximum absolute atomic E-state index is 12.8. The Kier molecular flexibility index (Phi) is 7.14. The summed E-state index contributed by atoms with van der Waals surface area (Å²) in [5.41, 5.74) is 1.90. The first-order chi connectivity index (χ1) is 12.3. The van der Waals surface area contributed by atoms with Gasteiger partial charge in [0.25, 0.3) is 5.91 Å². The topological polar surface area (TPSA) is 47.6 Å². The first-order valence-corrected chi connectivity index (χ1v) is 12.3. The van der Waals surface area contributed by atoms with E-state index in [1.807, 2.05) is 67.6 Å². The van der Waals surface area contributed by atoms with Crippen LogP contribution < -0.4 is 5.32 Å². The lowest BCUT2D eigenvalue weighted by atomic mass is 10.0. The Bertz CT molecular complexity index is 685. The van der Waals surface area contributed by atoms with Gasteiger partial charge in [-0.25, -0.2) is 0 Å². The summed E-state index contributed by atoms with van der Waals surface area (Å²) in [6.45, 7) is 8.44. The highest BCUT2D eigenvalue weighted by Gasteiger charge is 2.30. The quantitative estimate of drug-likeness (QED) is 0.696. The molecule has 4 nitrogen and oxygen atoms in total. The molecule has 1 N–H and O–H groups in total. The Morgan fingerprint density at radius 2 is 1.42 bits per heavy atom. The number of hydrogen-bond acceptors (Lipinski definition) is 3. The zero-order valence-corrected chi connectivity index (χ0v) is 17.2. The van der Waals surface area contributed by atoms with E-state index in [2.05, 4.69) is 25.0 Å². The van der Waals surface area contributed by atoms with Gasteiger partial charge in [0, 0.05) is 7.11 Å². The molecule has 26 heavy (non-hydrogen) atoms. The van der Waals surface area contributed by atoms with Crippen LogP contribution in [0.15, 0.2) is 60.7 Å². The molecule has 0 bridgehead atoms. The van der Waals surface area contributed by atoms with E-state index in [9.17, 15) is 4.79 Å². The molecule has 2 aromatic carbocycles. The Hall–Kier alpha value is -1.95. The molecule has 0 aliphatic carbocycles. The highest BCUT2D eigenvalue weighted by molar-refractivity contribution is 6.69. The van der Waals surface area contributed by atoms with E-state index in [4.69, 9.17) is 9.16 Å². The minimum atomic E-state index is -1.80. The van der Waals surface area contributed by atoms with Crippen molar-refractivity contribution in [3.8, 4) is 0 Å². The van der Waals surface area contributed by atoms with E-state index in [-0.39, 0.29) is 18.1 Å². The molecule has 0 fully saturated rings. The van der Waals surface area contributed by atoms with Crippen LogP contribution in [0.25, 0.3) is 0 Å². The van der Waals surface area contributed by atoms with Crippen LogP contribution in [0, 0.1) is 0 Å². The maximum Gasteiger partial charge on any atom is 0.254 e. The summed E-state index contributed by atoms with van der Waals surface area (Å²) in [5, 5.41) is 3.08. The van der Waals surface area contributed by atoms with Gasteiger partial charge in [-0.05, 0) is 37.7 Å². The van der Waals surface area contributed by atoms with Crippen LogP contribution >= 0.6 is 0 Å².